The Bertz CT molecular complexity index is 422. The van der Waals surface area contributed by atoms with E-state index in [1.54, 1.807) is 7.11 Å². The molecule has 2 heterocycles. The first-order valence-corrected chi connectivity index (χ1v) is 6.96. The third kappa shape index (κ3) is 3.91. The molecular weight excluding hydrogens is 258 g/mol. The van der Waals surface area contributed by atoms with Crippen LogP contribution in [0, 0.1) is 0 Å². The molecule has 1 aromatic rings. The van der Waals surface area contributed by atoms with E-state index in [0.29, 0.717) is 24.5 Å². The van der Waals surface area contributed by atoms with Crippen LogP contribution >= 0.6 is 0 Å². The van der Waals surface area contributed by atoms with Crippen LogP contribution in [0.25, 0.3) is 0 Å². The largest absolute Gasteiger partial charge is 0.385 e. The van der Waals surface area contributed by atoms with Crippen molar-refractivity contribution in [1.29, 1.82) is 0 Å². The summed E-state index contributed by atoms with van der Waals surface area (Å²) in [6.45, 7) is 4.72. The van der Waals surface area contributed by atoms with E-state index in [1.807, 2.05) is 0 Å². The van der Waals surface area contributed by atoms with Crippen molar-refractivity contribution < 1.29 is 4.74 Å². The number of nitrogens with zero attached hydrogens (tertiary/aromatic N) is 4. The van der Waals surface area contributed by atoms with E-state index in [0.717, 1.165) is 19.5 Å². The number of hydrogen-bond acceptors (Lipinski definition) is 8. The summed E-state index contributed by atoms with van der Waals surface area (Å²) in [6.07, 6.45) is 3.22. The number of nitrogens with two attached hydrogens (primary N) is 1. The van der Waals surface area contributed by atoms with Gasteiger partial charge < -0.3 is 15.0 Å². The highest BCUT2D eigenvalue weighted by molar-refractivity contribution is 5.44. The van der Waals surface area contributed by atoms with Crippen LogP contribution in [0.3, 0.4) is 0 Å². The Hall–Kier alpha value is -1.67. The molecule has 20 heavy (non-hydrogen) atoms. The molecule has 1 unspecified atom stereocenters. The molecular formula is C12H23N7O. The van der Waals surface area contributed by atoms with Crippen LogP contribution in [0.15, 0.2) is 0 Å². The Morgan fingerprint density at radius 3 is 2.60 bits per heavy atom. The molecule has 0 spiro atoms. The van der Waals surface area contributed by atoms with Crippen molar-refractivity contribution in [1.82, 2.24) is 15.0 Å². The number of anilines is 3. The Labute approximate surface area is 119 Å². The fourth-order valence-electron chi connectivity index (χ4n) is 2.14. The molecule has 0 aliphatic carbocycles. The molecule has 0 bridgehead atoms. The highest BCUT2D eigenvalue weighted by Gasteiger charge is 2.17. The van der Waals surface area contributed by atoms with Crippen molar-refractivity contribution in [2.45, 2.75) is 32.2 Å². The highest BCUT2D eigenvalue weighted by Crippen LogP contribution is 2.18. The van der Waals surface area contributed by atoms with E-state index in [-0.39, 0.29) is 6.04 Å². The lowest BCUT2D eigenvalue weighted by Crippen LogP contribution is -2.25. The maximum absolute atomic E-state index is 5.43. The normalized spacial score (nSPS) is 16.2. The monoisotopic (exact) mass is 281 g/mol. The lowest BCUT2D eigenvalue weighted by molar-refractivity contribution is 0.191. The smallest absolute Gasteiger partial charge is 0.243 e. The van der Waals surface area contributed by atoms with Gasteiger partial charge in [-0.3, -0.25) is 5.43 Å². The highest BCUT2D eigenvalue weighted by atomic mass is 16.5. The number of hydrazine groups is 1. The van der Waals surface area contributed by atoms with Gasteiger partial charge in [0.25, 0.3) is 0 Å². The number of nitrogens with one attached hydrogen (secondary N) is 2. The maximum Gasteiger partial charge on any atom is 0.243 e. The second kappa shape index (κ2) is 7.20. The first kappa shape index (κ1) is 14.7. The molecule has 4 N–H and O–H groups in total. The van der Waals surface area contributed by atoms with Crippen LogP contribution in [0.5, 0.6) is 0 Å². The van der Waals surface area contributed by atoms with Crippen molar-refractivity contribution in [2.75, 3.05) is 42.4 Å². The van der Waals surface area contributed by atoms with Gasteiger partial charge in [0.2, 0.25) is 17.8 Å². The van der Waals surface area contributed by atoms with Gasteiger partial charge in [-0.25, -0.2) is 5.84 Å². The Morgan fingerprint density at radius 1 is 1.25 bits per heavy atom. The molecule has 1 aliphatic rings. The summed E-state index contributed by atoms with van der Waals surface area (Å²) in [5.41, 5.74) is 2.49. The molecule has 0 radical (unpaired) electrons. The van der Waals surface area contributed by atoms with Gasteiger partial charge in [0.15, 0.2) is 0 Å². The van der Waals surface area contributed by atoms with Crippen LogP contribution in [0.1, 0.15) is 26.2 Å². The molecule has 1 fully saturated rings. The van der Waals surface area contributed by atoms with Gasteiger partial charge in [-0.1, -0.05) is 0 Å². The van der Waals surface area contributed by atoms with Crippen LogP contribution in [0.2, 0.25) is 0 Å². The van der Waals surface area contributed by atoms with Gasteiger partial charge in [-0.2, -0.15) is 15.0 Å². The van der Waals surface area contributed by atoms with E-state index >= 15 is 0 Å². The van der Waals surface area contributed by atoms with Gasteiger partial charge in [-0.15, -0.1) is 0 Å². The zero-order valence-corrected chi connectivity index (χ0v) is 12.1. The lowest BCUT2D eigenvalue weighted by atomic mass is 10.2. The minimum absolute atomic E-state index is 0.217. The van der Waals surface area contributed by atoms with Crippen LogP contribution in [-0.4, -0.2) is 47.8 Å². The van der Waals surface area contributed by atoms with Gasteiger partial charge in [0.05, 0.1) is 0 Å². The summed E-state index contributed by atoms with van der Waals surface area (Å²) >= 11 is 0. The molecule has 8 heteroatoms. The maximum atomic E-state index is 5.43. The first-order valence-electron chi connectivity index (χ1n) is 6.96. The second-order valence-corrected chi connectivity index (χ2v) is 4.95. The predicted octanol–water partition coefficient (Wildman–Crippen LogP) is 0.594. The lowest BCUT2D eigenvalue weighted by Gasteiger charge is -2.18. The van der Waals surface area contributed by atoms with E-state index in [1.165, 1.54) is 12.8 Å². The van der Waals surface area contributed by atoms with Crippen LogP contribution < -0.4 is 21.5 Å². The van der Waals surface area contributed by atoms with Gasteiger partial charge in [-0.05, 0) is 26.2 Å². The SMILES string of the molecule is COCCC(C)Nc1nc(NN)nc(N2CCCC2)n1. The minimum Gasteiger partial charge on any atom is -0.385 e. The van der Waals surface area contributed by atoms with Gasteiger partial charge >= 0.3 is 0 Å². The fourth-order valence-corrected chi connectivity index (χ4v) is 2.14. The molecule has 0 saturated carbocycles. The predicted molar refractivity (Wildman–Crippen MR) is 78.7 cm³/mol. The summed E-state index contributed by atoms with van der Waals surface area (Å²) in [4.78, 5) is 15.2. The van der Waals surface area contributed by atoms with E-state index in [2.05, 4.69) is 37.5 Å². The van der Waals surface area contributed by atoms with Gasteiger partial charge in [0.1, 0.15) is 0 Å². The Morgan fingerprint density at radius 2 is 1.95 bits per heavy atom. The third-order valence-electron chi connectivity index (χ3n) is 3.27. The molecule has 2 rings (SSSR count). The second-order valence-electron chi connectivity index (χ2n) is 4.95. The topological polar surface area (TPSA) is 101 Å². The molecule has 1 atom stereocenters. The van der Waals surface area contributed by atoms with E-state index in [9.17, 15) is 0 Å². The number of aromatic nitrogens is 3. The zero-order chi connectivity index (χ0) is 14.4. The van der Waals surface area contributed by atoms with Crippen LogP contribution in [-0.2, 0) is 4.74 Å². The molecule has 112 valence electrons. The van der Waals surface area contributed by atoms with Crippen molar-refractivity contribution in [3.63, 3.8) is 0 Å². The number of nitrogen functional groups attached to an aromatic ring is 1. The Kier molecular flexibility index (Phi) is 5.31. The van der Waals surface area contributed by atoms with Crippen molar-refractivity contribution in [3.8, 4) is 0 Å². The summed E-state index contributed by atoms with van der Waals surface area (Å²) in [6, 6.07) is 0.217. The number of ether oxygens (including phenoxy) is 1. The Balaban J connectivity index is 2.08. The molecule has 1 aliphatic heterocycles. The fraction of sp³-hybridized carbons (Fsp3) is 0.750. The van der Waals surface area contributed by atoms with Crippen molar-refractivity contribution in [3.05, 3.63) is 0 Å². The summed E-state index contributed by atoms with van der Waals surface area (Å²) in [5.74, 6) is 7.02. The zero-order valence-electron chi connectivity index (χ0n) is 12.1. The standard InChI is InChI=1S/C12H23N7O/c1-9(5-8-20-2)14-10-15-11(18-13)17-12(16-10)19-6-3-4-7-19/h9H,3-8,13H2,1-2H3,(H2,14,15,16,17,18). The summed E-state index contributed by atoms with van der Waals surface area (Å²) < 4.78 is 5.07. The van der Waals surface area contributed by atoms with Crippen molar-refractivity contribution in [2.24, 2.45) is 5.84 Å². The average molecular weight is 281 g/mol. The molecule has 0 amide bonds. The van der Waals surface area contributed by atoms with E-state index < -0.39 is 0 Å². The average Bonchev–Trinajstić information content (AvgIpc) is 2.99. The summed E-state index contributed by atoms with van der Waals surface area (Å²) in [7, 11) is 1.69. The van der Waals surface area contributed by atoms with Crippen molar-refractivity contribution >= 4 is 17.8 Å². The van der Waals surface area contributed by atoms with Crippen LogP contribution in [0.4, 0.5) is 17.8 Å². The number of methoxy groups -OCH3 is 1. The quantitative estimate of drug-likeness (QED) is 0.493. The number of rotatable bonds is 7. The minimum atomic E-state index is 0.217. The molecule has 1 aromatic heterocycles. The molecule has 0 aromatic carbocycles. The third-order valence-corrected chi connectivity index (χ3v) is 3.27. The molecule has 1 saturated heterocycles. The first-order chi connectivity index (χ1) is 9.72. The summed E-state index contributed by atoms with van der Waals surface area (Å²) in [5, 5.41) is 3.25. The van der Waals surface area contributed by atoms with Gasteiger partial charge in [0, 0.05) is 32.8 Å². The number of hydrogen-bond donors (Lipinski definition) is 3. The molecule has 8 nitrogen and oxygen atoms in total. The van der Waals surface area contributed by atoms with E-state index in [4.69, 9.17) is 10.6 Å².